The second-order valence-electron chi connectivity index (χ2n) is 5.20. The van der Waals surface area contributed by atoms with Crippen molar-refractivity contribution in [2.75, 3.05) is 0 Å². The highest BCUT2D eigenvalue weighted by molar-refractivity contribution is 6.31. The van der Waals surface area contributed by atoms with E-state index < -0.39 is 5.60 Å². The van der Waals surface area contributed by atoms with Crippen molar-refractivity contribution in [3.63, 3.8) is 0 Å². The number of aromatic nitrogens is 2. The molecule has 1 atom stereocenters. The van der Waals surface area contributed by atoms with Gasteiger partial charge in [-0.1, -0.05) is 25.4 Å². The molecule has 1 heterocycles. The summed E-state index contributed by atoms with van der Waals surface area (Å²) in [6.07, 6.45) is 4.71. The molecule has 1 fully saturated rings. The van der Waals surface area contributed by atoms with E-state index >= 15 is 0 Å². The van der Waals surface area contributed by atoms with Gasteiger partial charge in [-0.3, -0.25) is 4.68 Å². The zero-order valence-electron chi connectivity index (χ0n) is 10.1. The predicted octanol–water partition coefficient (Wildman–Crippen LogP) is 2.95. The number of halogens is 1. The lowest BCUT2D eigenvalue weighted by Gasteiger charge is -2.31. The van der Waals surface area contributed by atoms with Crippen LogP contribution in [-0.4, -0.2) is 14.9 Å². The second-order valence-corrected chi connectivity index (χ2v) is 5.60. The highest BCUT2D eigenvalue weighted by Gasteiger charge is 2.55. The maximum absolute atomic E-state index is 10.7. The summed E-state index contributed by atoms with van der Waals surface area (Å²) in [5.74, 6) is 0. The Balaban J connectivity index is 2.42. The minimum Gasteiger partial charge on any atom is -0.383 e. The van der Waals surface area contributed by atoms with E-state index in [1.165, 1.54) is 0 Å². The third-order valence-electron chi connectivity index (χ3n) is 3.87. The molecule has 1 aliphatic carbocycles. The molecule has 1 saturated carbocycles. The lowest BCUT2D eigenvalue weighted by molar-refractivity contribution is -0.0207. The fraction of sp³-hybridized carbons (Fsp3) is 0.750. The molecular formula is C12H19ClN2O. The van der Waals surface area contributed by atoms with Crippen LogP contribution >= 0.6 is 11.6 Å². The van der Waals surface area contributed by atoms with E-state index in [0.29, 0.717) is 5.02 Å². The maximum Gasteiger partial charge on any atom is 0.110 e. The van der Waals surface area contributed by atoms with Crippen LogP contribution in [0.15, 0.2) is 6.20 Å². The van der Waals surface area contributed by atoms with Crippen molar-refractivity contribution >= 4 is 11.6 Å². The molecule has 0 radical (unpaired) electrons. The summed E-state index contributed by atoms with van der Waals surface area (Å²) in [7, 11) is 0. The summed E-state index contributed by atoms with van der Waals surface area (Å²) < 4.78 is 1.84. The summed E-state index contributed by atoms with van der Waals surface area (Å²) in [6, 6.07) is 0. The topological polar surface area (TPSA) is 38.0 Å². The molecule has 0 amide bonds. The Morgan fingerprint density at radius 1 is 1.62 bits per heavy atom. The fourth-order valence-electron chi connectivity index (χ4n) is 2.19. The average Bonchev–Trinajstić information content (AvgIpc) is 2.85. The van der Waals surface area contributed by atoms with E-state index in [2.05, 4.69) is 18.9 Å². The summed E-state index contributed by atoms with van der Waals surface area (Å²) in [5.41, 5.74) is -0.145. The van der Waals surface area contributed by atoms with Crippen LogP contribution in [0.1, 0.15) is 45.7 Å². The molecule has 3 nitrogen and oxygen atoms in total. The molecule has 16 heavy (non-hydrogen) atoms. The molecule has 2 rings (SSSR count). The average molecular weight is 243 g/mol. The molecule has 1 aromatic heterocycles. The molecule has 0 aromatic carbocycles. The molecular weight excluding hydrogens is 224 g/mol. The molecule has 0 aliphatic heterocycles. The number of aliphatic hydroxyl groups is 1. The van der Waals surface area contributed by atoms with Crippen molar-refractivity contribution in [1.82, 2.24) is 9.78 Å². The van der Waals surface area contributed by atoms with E-state index in [0.717, 1.165) is 31.5 Å². The van der Waals surface area contributed by atoms with E-state index in [1.54, 1.807) is 6.20 Å². The Morgan fingerprint density at radius 2 is 2.25 bits per heavy atom. The normalized spacial score (nSPS) is 21.8. The lowest BCUT2D eigenvalue weighted by Crippen LogP contribution is -2.34. The lowest BCUT2D eigenvalue weighted by atomic mass is 9.84. The van der Waals surface area contributed by atoms with Crippen LogP contribution in [0.5, 0.6) is 0 Å². The van der Waals surface area contributed by atoms with Gasteiger partial charge in [-0.2, -0.15) is 5.10 Å². The highest BCUT2D eigenvalue weighted by atomic mass is 35.5. The number of hydrogen-bond acceptors (Lipinski definition) is 2. The van der Waals surface area contributed by atoms with Crippen molar-refractivity contribution in [3.05, 3.63) is 16.9 Å². The second kappa shape index (κ2) is 3.74. The Morgan fingerprint density at radius 3 is 2.75 bits per heavy atom. The Kier molecular flexibility index (Phi) is 2.79. The molecule has 0 spiro atoms. The van der Waals surface area contributed by atoms with E-state index in [1.807, 2.05) is 11.6 Å². The van der Waals surface area contributed by atoms with Gasteiger partial charge in [0, 0.05) is 12.0 Å². The van der Waals surface area contributed by atoms with Gasteiger partial charge < -0.3 is 5.11 Å². The Labute approximate surface area is 101 Å². The van der Waals surface area contributed by atoms with E-state index in [-0.39, 0.29) is 5.41 Å². The first-order valence-electron chi connectivity index (χ1n) is 5.86. The van der Waals surface area contributed by atoms with Crippen LogP contribution in [0.2, 0.25) is 5.02 Å². The molecule has 90 valence electrons. The van der Waals surface area contributed by atoms with Crippen LogP contribution in [0, 0.1) is 5.41 Å². The van der Waals surface area contributed by atoms with Crippen LogP contribution in [-0.2, 0) is 12.1 Å². The molecule has 1 aromatic rings. The van der Waals surface area contributed by atoms with Gasteiger partial charge in [0.25, 0.3) is 0 Å². The first kappa shape index (κ1) is 11.9. The van der Waals surface area contributed by atoms with Gasteiger partial charge in [-0.05, 0) is 26.2 Å². The third-order valence-corrected chi connectivity index (χ3v) is 4.14. The molecule has 1 unspecified atom stereocenters. The van der Waals surface area contributed by atoms with Gasteiger partial charge in [0.1, 0.15) is 5.60 Å². The van der Waals surface area contributed by atoms with Crippen molar-refractivity contribution in [2.24, 2.45) is 5.41 Å². The summed E-state index contributed by atoms with van der Waals surface area (Å²) in [4.78, 5) is 0. The molecule has 1 N–H and O–H groups in total. The molecule has 1 aliphatic rings. The van der Waals surface area contributed by atoms with Crippen LogP contribution in [0.3, 0.4) is 0 Å². The molecule has 0 bridgehead atoms. The largest absolute Gasteiger partial charge is 0.383 e. The fourth-order valence-corrected chi connectivity index (χ4v) is 2.51. The van der Waals surface area contributed by atoms with Crippen molar-refractivity contribution in [2.45, 2.75) is 52.2 Å². The zero-order chi connectivity index (χ0) is 12.0. The Hall–Kier alpha value is -0.540. The van der Waals surface area contributed by atoms with Gasteiger partial charge in [0.2, 0.25) is 0 Å². The first-order valence-corrected chi connectivity index (χ1v) is 6.24. The summed E-state index contributed by atoms with van der Waals surface area (Å²) in [6.45, 7) is 6.85. The quantitative estimate of drug-likeness (QED) is 0.882. The minimum atomic E-state index is -0.879. The standard InChI is InChI=1S/C12H19ClN2O/c1-4-7-15-10(9(13)8-14-15)12(3,16)11(2)5-6-11/h8,16H,4-7H2,1-3H3. The van der Waals surface area contributed by atoms with Gasteiger partial charge >= 0.3 is 0 Å². The molecule has 4 heteroatoms. The van der Waals surface area contributed by atoms with Crippen molar-refractivity contribution < 1.29 is 5.11 Å². The van der Waals surface area contributed by atoms with Crippen LogP contribution in [0.4, 0.5) is 0 Å². The van der Waals surface area contributed by atoms with Gasteiger partial charge in [-0.25, -0.2) is 0 Å². The third kappa shape index (κ3) is 1.66. The van der Waals surface area contributed by atoms with E-state index in [4.69, 9.17) is 11.6 Å². The first-order chi connectivity index (χ1) is 7.42. The Bertz CT molecular complexity index is 394. The zero-order valence-corrected chi connectivity index (χ0v) is 10.9. The van der Waals surface area contributed by atoms with E-state index in [9.17, 15) is 5.11 Å². The van der Waals surface area contributed by atoms with Gasteiger partial charge in [0.05, 0.1) is 16.9 Å². The van der Waals surface area contributed by atoms with Crippen LogP contribution in [0.25, 0.3) is 0 Å². The van der Waals surface area contributed by atoms with Crippen molar-refractivity contribution in [3.8, 4) is 0 Å². The van der Waals surface area contributed by atoms with Crippen LogP contribution < -0.4 is 0 Å². The number of aryl methyl sites for hydroxylation is 1. The maximum atomic E-state index is 10.7. The summed E-state index contributed by atoms with van der Waals surface area (Å²) in [5, 5.41) is 15.5. The number of nitrogens with zero attached hydrogens (tertiary/aromatic N) is 2. The van der Waals surface area contributed by atoms with Gasteiger partial charge in [-0.15, -0.1) is 0 Å². The minimum absolute atomic E-state index is 0.0395. The monoisotopic (exact) mass is 242 g/mol. The summed E-state index contributed by atoms with van der Waals surface area (Å²) >= 11 is 6.16. The highest BCUT2D eigenvalue weighted by Crippen LogP contribution is 2.58. The molecule has 0 saturated heterocycles. The number of hydrogen-bond donors (Lipinski definition) is 1. The van der Waals surface area contributed by atoms with Gasteiger partial charge in [0.15, 0.2) is 0 Å². The number of rotatable bonds is 4. The SMILES string of the molecule is CCCn1ncc(Cl)c1C(C)(O)C1(C)CC1. The predicted molar refractivity (Wildman–Crippen MR) is 64.4 cm³/mol. The van der Waals surface area contributed by atoms with Crippen molar-refractivity contribution in [1.29, 1.82) is 0 Å². The smallest absolute Gasteiger partial charge is 0.110 e.